The average Bonchev–Trinajstić information content (AvgIpc) is 2.35. The quantitative estimate of drug-likeness (QED) is 0.834. The highest BCUT2D eigenvalue weighted by Gasteiger charge is 2.21. The lowest BCUT2D eigenvalue weighted by atomic mass is 9.89. The Kier molecular flexibility index (Phi) is 2.54. The van der Waals surface area contributed by atoms with E-state index in [4.69, 9.17) is 0 Å². The number of pyridine rings is 1. The molecule has 3 nitrogen and oxygen atoms in total. The molecule has 1 N–H and O–H groups in total. The van der Waals surface area contributed by atoms with Crippen LogP contribution < -0.4 is 0 Å². The summed E-state index contributed by atoms with van der Waals surface area (Å²) in [5.41, 5.74) is 4.33. The molecule has 92 valence electrons. The highest BCUT2D eigenvalue weighted by Crippen LogP contribution is 2.29. The second-order valence-corrected chi connectivity index (χ2v) is 4.94. The summed E-state index contributed by atoms with van der Waals surface area (Å²) in [4.78, 5) is 16.2. The molecule has 1 aromatic carbocycles. The lowest BCUT2D eigenvalue weighted by molar-refractivity contribution is 0.0697. The minimum absolute atomic E-state index is 0.467. The number of hydrogen-bond donors (Lipinski definition) is 1. The van der Waals surface area contributed by atoms with E-state index in [1.54, 1.807) is 0 Å². The van der Waals surface area contributed by atoms with Crippen LogP contribution in [0.4, 0.5) is 0 Å². The zero-order chi connectivity index (χ0) is 12.7. The monoisotopic (exact) mass is 241 g/mol. The second kappa shape index (κ2) is 4.09. The summed E-state index contributed by atoms with van der Waals surface area (Å²) in [6.07, 6.45) is 3.91. The van der Waals surface area contributed by atoms with Gasteiger partial charge in [0.1, 0.15) is 0 Å². The predicted octanol–water partition coefficient (Wildman–Crippen LogP) is 3.12. The third kappa shape index (κ3) is 1.67. The number of aromatic carboxylic acids is 1. The Labute approximate surface area is 105 Å². The molecule has 0 saturated carbocycles. The third-order valence-corrected chi connectivity index (χ3v) is 3.63. The first-order valence-corrected chi connectivity index (χ1v) is 6.32. The van der Waals surface area contributed by atoms with Gasteiger partial charge in [-0.2, -0.15) is 0 Å². The van der Waals surface area contributed by atoms with Gasteiger partial charge in [-0.3, -0.25) is 4.98 Å². The minimum Gasteiger partial charge on any atom is -0.478 e. The van der Waals surface area contributed by atoms with Crippen LogP contribution in [0.3, 0.4) is 0 Å². The molecule has 0 aliphatic heterocycles. The molecule has 2 aromatic rings. The van der Waals surface area contributed by atoms with Gasteiger partial charge in [0.05, 0.1) is 11.1 Å². The Morgan fingerprint density at radius 3 is 2.83 bits per heavy atom. The third-order valence-electron chi connectivity index (χ3n) is 3.63. The van der Waals surface area contributed by atoms with Crippen LogP contribution in [0, 0.1) is 6.92 Å². The van der Waals surface area contributed by atoms with Crippen LogP contribution >= 0.6 is 0 Å². The molecule has 0 atom stereocenters. The van der Waals surface area contributed by atoms with Crippen molar-refractivity contribution < 1.29 is 9.90 Å². The molecule has 1 heterocycles. The van der Waals surface area contributed by atoms with Gasteiger partial charge in [-0.15, -0.1) is 0 Å². The summed E-state index contributed by atoms with van der Waals surface area (Å²) in [5.74, 6) is -0.829. The normalized spacial score (nSPS) is 14.5. The predicted molar refractivity (Wildman–Crippen MR) is 70.1 cm³/mol. The molecule has 0 spiro atoms. The van der Waals surface area contributed by atoms with Gasteiger partial charge in [0.15, 0.2) is 0 Å². The van der Waals surface area contributed by atoms with Crippen molar-refractivity contribution in [2.24, 2.45) is 0 Å². The van der Waals surface area contributed by atoms with E-state index < -0.39 is 5.97 Å². The number of aromatic nitrogens is 1. The Bertz CT molecular complexity index is 646. The molecule has 1 aromatic heterocycles. The van der Waals surface area contributed by atoms with E-state index in [1.165, 1.54) is 0 Å². The van der Waals surface area contributed by atoms with Crippen molar-refractivity contribution in [3.63, 3.8) is 0 Å². The summed E-state index contributed by atoms with van der Waals surface area (Å²) < 4.78 is 0. The first-order valence-electron chi connectivity index (χ1n) is 6.32. The molecule has 0 fully saturated rings. The highest BCUT2D eigenvalue weighted by molar-refractivity contribution is 6.04. The number of aryl methyl sites for hydroxylation is 2. The highest BCUT2D eigenvalue weighted by atomic mass is 16.4. The summed E-state index contributed by atoms with van der Waals surface area (Å²) in [6, 6.07) is 5.80. The van der Waals surface area contributed by atoms with Gasteiger partial charge in [0.2, 0.25) is 0 Å². The van der Waals surface area contributed by atoms with Crippen LogP contribution in [0.5, 0.6) is 0 Å². The molecule has 1 aliphatic rings. The molecule has 0 radical (unpaired) electrons. The van der Waals surface area contributed by atoms with Gasteiger partial charge < -0.3 is 5.11 Å². The van der Waals surface area contributed by atoms with E-state index in [9.17, 15) is 9.90 Å². The molecule has 0 bridgehead atoms. The van der Waals surface area contributed by atoms with Crippen molar-refractivity contribution in [1.29, 1.82) is 0 Å². The maximum Gasteiger partial charge on any atom is 0.336 e. The zero-order valence-electron chi connectivity index (χ0n) is 10.4. The number of nitrogens with zero attached hydrogens (tertiary/aromatic N) is 1. The van der Waals surface area contributed by atoms with E-state index in [1.807, 2.05) is 25.1 Å². The Balaban J connectivity index is 2.40. The van der Waals surface area contributed by atoms with Crippen molar-refractivity contribution in [2.45, 2.75) is 32.6 Å². The average molecular weight is 241 g/mol. The number of rotatable bonds is 1. The lowest BCUT2D eigenvalue weighted by Crippen LogP contribution is -2.13. The fourth-order valence-corrected chi connectivity index (χ4v) is 2.78. The lowest BCUT2D eigenvalue weighted by Gasteiger charge is -2.18. The molecule has 3 heteroatoms. The van der Waals surface area contributed by atoms with Crippen molar-refractivity contribution in [3.05, 3.63) is 40.6 Å². The van der Waals surface area contributed by atoms with Crippen LogP contribution in [0.25, 0.3) is 10.9 Å². The van der Waals surface area contributed by atoms with E-state index in [0.717, 1.165) is 53.4 Å². The van der Waals surface area contributed by atoms with E-state index >= 15 is 0 Å². The van der Waals surface area contributed by atoms with Gasteiger partial charge in [0, 0.05) is 11.1 Å². The number of carboxylic acid groups (broad SMARTS) is 1. The second-order valence-electron chi connectivity index (χ2n) is 4.94. The first kappa shape index (κ1) is 11.2. The minimum atomic E-state index is -0.829. The van der Waals surface area contributed by atoms with Gasteiger partial charge in [-0.1, -0.05) is 12.1 Å². The van der Waals surface area contributed by atoms with Crippen LogP contribution in [-0.4, -0.2) is 16.1 Å². The summed E-state index contributed by atoms with van der Waals surface area (Å²) in [7, 11) is 0. The molecule has 0 unspecified atom stereocenters. The number of carboxylic acids is 1. The van der Waals surface area contributed by atoms with Crippen molar-refractivity contribution in [1.82, 2.24) is 4.98 Å². The Morgan fingerprint density at radius 1 is 1.28 bits per heavy atom. The van der Waals surface area contributed by atoms with Crippen molar-refractivity contribution >= 4 is 16.9 Å². The fourth-order valence-electron chi connectivity index (χ4n) is 2.78. The van der Waals surface area contributed by atoms with Gasteiger partial charge in [0.25, 0.3) is 0 Å². The zero-order valence-corrected chi connectivity index (χ0v) is 10.4. The smallest absolute Gasteiger partial charge is 0.336 e. The Morgan fingerprint density at radius 2 is 2.06 bits per heavy atom. The molecule has 18 heavy (non-hydrogen) atoms. The number of hydrogen-bond acceptors (Lipinski definition) is 2. The van der Waals surface area contributed by atoms with Crippen LogP contribution in [0.2, 0.25) is 0 Å². The van der Waals surface area contributed by atoms with Crippen LogP contribution in [0.15, 0.2) is 18.2 Å². The maximum absolute atomic E-state index is 11.5. The molecule has 0 saturated heterocycles. The van der Waals surface area contributed by atoms with Gasteiger partial charge in [-0.05, 0) is 49.8 Å². The molecular formula is C15H15NO2. The first-order chi connectivity index (χ1) is 8.66. The standard InChI is InChI=1S/C15H15NO2/c1-9-6-7-11-13(8-9)16-12-5-3-2-4-10(12)14(11)15(17)18/h6-8H,2-5H2,1H3,(H,17,18). The topological polar surface area (TPSA) is 50.2 Å². The largest absolute Gasteiger partial charge is 0.478 e. The molecule has 0 amide bonds. The maximum atomic E-state index is 11.5. The van der Waals surface area contributed by atoms with Gasteiger partial charge in [-0.25, -0.2) is 4.79 Å². The summed E-state index contributed by atoms with van der Waals surface area (Å²) in [6.45, 7) is 2.00. The van der Waals surface area contributed by atoms with Crippen molar-refractivity contribution in [3.8, 4) is 0 Å². The molecular weight excluding hydrogens is 226 g/mol. The Hall–Kier alpha value is -1.90. The molecule has 3 rings (SSSR count). The SMILES string of the molecule is Cc1ccc2c(C(=O)O)c3c(nc2c1)CCCC3. The molecule has 1 aliphatic carbocycles. The number of fused-ring (bicyclic) bond motifs is 2. The van der Waals surface area contributed by atoms with Crippen molar-refractivity contribution in [2.75, 3.05) is 0 Å². The summed E-state index contributed by atoms with van der Waals surface area (Å²) >= 11 is 0. The van der Waals surface area contributed by atoms with E-state index in [2.05, 4.69) is 4.98 Å². The van der Waals surface area contributed by atoms with E-state index in [0.29, 0.717) is 5.56 Å². The number of benzene rings is 1. The number of carbonyl (C=O) groups is 1. The van der Waals surface area contributed by atoms with Crippen LogP contribution in [-0.2, 0) is 12.8 Å². The van der Waals surface area contributed by atoms with E-state index in [-0.39, 0.29) is 0 Å². The fraction of sp³-hybridized carbons (Fsp3) is 0.333. The van der Waals surface area contributed by atoms with Gasteiger partial charge >= 0.3 is 5.97 Å². The van der Waals surface area contributed by atoms with Crippen LogP contribution in [0.1, 0.15) is 40.0 Å². The summed E-state index contributed by atoms with van der Waals surface area (Å²) in [5, 5.41) is 10.3.